The third kappa shape index (κ3) is 3.73. The van der Waals surface area contributed by atoms with Crippen LogP contribution < -0.4 is 10.0 Å². The van der Waals surface area contributed by atoms with E-state index in [2.05, 4.69) is 0 Å². The number of halogens is 3. The first-order valence-corrected chi connectivity index (χ1v) is 10.3. The summed E-state index contributed by atoms with van der Waals surface area (Å²) in [7, 11) is -4.51. The van der Waals surface area contributed by atoms with Gasteiger partial charge in [0.15, 0.2) is 0 Å². The highest BCUT2D eigenvalue weighted by atomic mass is 32.2. The summed E-state index contributed by atoms with van der Waals surface area (Å²) in [6, 6.07) is 18.6. The van der Waals surface area contributed by atoms with Gasteiger partial charge in [0.1, 0.15) is 0 Å². The van der Waals surface area contributed by atoms with Gasteiger partial charge >= 0.3 is 6.18 Å². The molecule has 0 atom stereocenters. The number of hydrogen-bond donors (Lipinski definition) is 1. The fraction of sp³-hybridized carbons (Fsp3) is 0.143. The van der Waals surface area contributed by atoms with Gasteiger partial charge in [0.05, 0.1) is 10.5 Å². The second kappa shape index (κ2) is 6.89. The number of benzene rings is 3. The summed E-state index contributed by atoms with van der Waals surface area (Å²) in [5.74, 6) is 0. The minimum atomic E-state index is -4.85. The van der Waals surface area contributed by atoms with E-state index in [0.717, 1.165) is 34.4 Å². The summed E-state index contributed by atoms with van der Waals surface area (Å²) in [5.41, 5.74) is 3.02. The number of nitrogens with zero attached hydrogens (tertiary/aromatic N) is 1. The molecule has 1 heterocycles. The molecule has 0 spiro atoms. The average Bonchev–Trinajstić information content (AvgIpc) is 2.83. The molecule has 150 valence electrons. The maximum absolute atomic E-state index is 13.5. The Bertz CT molecular complexity index is 1140. The van der Waals surface area contributed by atoms with E-state index in [1.807, 2.05) is 48.5 Å². The first-order valence-electron chi connectivity index (χ1n) is 8.80. The standard InChI is InChI=1S/C21H17F3N2O2S/c22-21(23,24)19-11-16(9-10-20(19)29(25,27)28)26-12-14-5-1-3-7-17(14)18-8-4-2-6-15(18)13-26/h1-11H,12-13H2,(H2,25,27,28). The molecule has 0 saturated carbocycles. The molecule has 8 heteroatoms. The van der Waals surface area contributed by atoms with Gasteiger partial charge in [-0.05, 0) is 40.5 Å². The summed E-state index contributed by atoms with van der Waals surface area (Å²) in [6.45, 7) is 0.772. The Labute approximate surface area is 166 Å². The quantitative estimate of drug-likeness (QED) is 0.665. The molecular formula is C21H17F3N2O2S. The predicted octanol–water partition coefficient (Wildman–Crippen LogP) is 4.54. The molecule has 0 saturated heterocycles. The lowest BCUT2D eigenvalue weighted by Gasteiger charge is -2.25. The molecule has 4 nitrogen and oxygen atoms in total. The van der Waals surface area contributed by atoms with E-state index in [1.165, 1.54) is 6.07 Å². The molecule has 1 aliphatic heterocycles. The predicted molar refractivity (Wildman–Crippen MR) is 105 cm³/mol. The van der Waals surface area contributed by atoms with Crippen LogP contribution in [0.1, 0.15) is 16.7 Å². The molecular weight excluding hydrogens is 401 g/mol. The largest absolute Gasteiger partial charge is 0.417 e. The van der Waals surface area contributed by atoms with Crippen molar-refractivity contribution in [2.75, 3.05) is 4.90 Å². The second-order valence-electron chi connectivity index (χ2n) is 6.89. The van der Waals surface area contributed by atoms with Crippen molar-refractivity contribution in [2.24, 2.45) is 5.14 Å². The number of hydrogen-bond acceptors (Lipinski definition) is 3. The lowest BCUT2D eigenvalue weighted by atomic mass is 9.97. The summed E-state index contributed by atoms with van der Waals surface area (Å²) in [4.78, 5) is 0.872. The number of fused-ring (bicyclic) bond motifs is 3. The van der Waals surface area contributed by atoms with Crippen LogP contribution in [0.5, 0.6) is 0 Å². The molecule has 4 rings (SSSR count). The van der Waals surface area contributed by atoms with Crippen LogP contribution in [0.15, 0.2) is 71.6 Å². The van der Waals surface area contributed by atoms with E-state index in [9.17, 15) is 21.6 Å². The molecule has 2 N–H and O–H groups in total. The van der Waals surface area contributed by atoms with Crippen molar-refractivity contribution in [1.29, 1.82) is 0 Å². The molecule has 0 bridgehead atoms. The first kappa shape index (κ1) is 19.5. The Morgan fingerprint density at radius 1 is 0.828 bits per heavy atom. The van der Waals surface area contributed by atoms with E-state index in [0.29, 0.717) is 13.1 Å². The highest BCUT2D eigenvalue weighted by Gasteiger charge is 2.37. The van der Waals surface area contributed by atoms with Gasteiger partial charge in [-0.15, -0.1) is 0 Å². The summed E-state index contributed by atoms with van der Waals surface area (Å²) < 4.78 is 63.9. The van der Waals surface area contributed by atoms with Crippen molar-refractivity contribution < 1.29 is 21.6 Å². The highest BCUT2D eigenvalue weighted by Crippen LogP contribution is 2.39. The smallest absolute Gasteiger partial charge is 0.363 e. The average molecular weight is 418 g/mol. The van der Waals surface area contributed by atoms with Crippen LogP contribution in [0.3, 0.4) is 0 Å². The molecule has 0 fully saturated rings. The van der Waals surface area contributed by atoms with Gasteiger partial charge in [-0.25, -0.2) is 13.6 Å². The van der Waals surface area contributed by atoms with Crippen LogP contribution in [-0.2, 0) is 29.3 Å². The van der Waals surface area contributed by atoms with Gasteiger partial charge in [-0.2, -0.15) is 13.2 Å². The molecule has 3 aromatic rings. The van der Waals surface area contributed by atoms with E-state index in [4.69, 9.17) is 5.14 Å². The fourth-order valence-electron chi connectivity index (χ4n) is 3.68. The number of alkyl halides is 3. The topological polar surface area (TPSA) is 63.4 Å². The molecule has 3 aromatic carbocycles. The second-order valence-corrected chi connectivity index (χ2v) is 8.42. The first-order chi connectivity index (χ1) is 13.6. The van der Waals surface area contributed by atoms with Gasteiger partial charge in [0.2, 0.25) is 10.0 Å². The lowest BCUT2D eigenvalue weighted by molar-refractivity contribution is -0.139. The van der Waals surface area contributed by atoms with Crippen molar-refractivity contribution in [1.82, 2.24) is 0 Å². The van der Waals surface area contributed by atoms with Gasteiger partial charge in [0.25, 0.3) is 0 Å². The van der Waals surface area contributed by atoms with Gasteiger partial charge < -0.3 is 4.90 Å². The van der Waals surface area contributed by atoms with Gasteiger partial charge in [-0.1, -0.05) is 48.5 Å². The van der Waals surface area contributed by atoms with Crippen LogP contribution in [0, 0.1) is 0 Å². The molecule has 0 radical (unpaired) electrons. The molecule has 0 amide bonds. The molecule has 0 unspecified atom stereocenters. The highest BCUT2D eigenvalue weighted by molar-refractivity contribution is 7.89. The van der Waals surface area contributed by atoms with E-state index in [1.54, 1.807) is 4.90 Å². The fourth-order valence-corrected chi connectivity index (χ4v) is 4.41. The van der Waals surface area contributed by atoms with E-state index >= 15 is 0 Å². The Balaban J connectivity index is 1.86. The van der Waals surface area contributed by atoms with Gasteiger partial charge in [0, 0.05) is 18.8 Å². The normalized spacial score (nSPS) is 14.1. The van der Waals surface area contributed by atoms with Crippen LogP contribution in [-0.4, -0.2) is 8.42 Å². The zero-order valence-corrected chi connectivity index (χ0v) is 16.0. The van der Waals surface area contributed by atoms with E-state index < -0.39 is 26.7 Å². The van der Waals surface area contributed by atoms with Gasteiger partial charge in [-0.3, -0.25) is 0 Å². The zero-order valence-electron chi connectivity index (χ0n) is 15.1. The van der Waals surface area contributed by atoms with Crippen molar-refractivity contribution in [3.8, 4) is 11.1 Å². The number of nitrogens with two attached hydrogens (primary N) is 1. The summed E-state index contributed by atoms with van der Waals surface area (Å²) in [5, 5.41) is 4.99. The Hall–Kier alpha value is -2.84. The molecule has 0 aliphatic carbocycles. The van der Waals surface area contributed by atoms with Crippen LogP contribution >= 0.6 is 0 Å². The third-order valence-corrected chi connectivity index (χ3v) is 5.96. The zero-order chi connectivity index (χ0) is 20.8. The van der Waals surface area contributed by atoms with Crippen molar-refractivity contribution >= 4 is 15.7 Å². The number of anilines is 1. The van der Waals surface area contributed by atoms with Crippen molar-refractivity contribution in [3.63, 3.8) is 0 Å². The number of rotatable bonds is 2. The molecule has 29 heavy (non-hydrogen) atoms. The Kier molecular flexibility index (Phi) is 4.63. The minimum absolute atomic E-state index is 0.274. The SMILES string of the molecule is NS(=O)(=O)c1ccc(N2Cc3ccccc3-c3ccccc3C2)cc1C(F)(F)F. The van der Waals surface area contributed by atoms with Crippen molar-refractivity contribution in [3.05, 3.63) is 83.4 Å². The Morgan fingerprint density at radius 2 is 1.34 bits per heavy atom. The summed E-state index contributed by atoms with van der Waals surface area (Å²) >= 11 is 0. The third-order valence-electron chi connectivity index (χ3n) is 4.99. The molecule has 1 aliphatic rings. The Morgan fingerprint density at radius 3 is 1.83 bits per heavy atom. The maximum atomic E-state index is 13.5. The molecule has 0 aromatic heterocycles. The van der Waals surface area contributed by atoms with Crippen LogP contribution in [0.4, 0.5) is 18.9 Å². The number of sulfonamides is 1. The number of primary sulfonamides is 1. The lowest BCUT2D eigenvalue weighted by Crippen LogP contribution is -2.23. The monoisotopic (exact) mass is 418 g/mol. The minimum Gasteiger partial charge on any atom is -0.363 e. The van der Waals surface area contributed by atoms with Crippen LogP contribution in [0.2, 0.25) is 0 Å². The summed E-state index contributed by atoms with van der Waals surface area (Å²) in [6.07, 6.45) is -4.85. The van der Waals surface area contributed by atoms with Crippen molar-refractivity contribution in [2.45, 2.75) is 24.2 Å². The van der Waals surface area contributed by atoms with Crippen LogP contribution in [0.25, 0.3) is 11.1 Å². The van der Waals surface area contributed by atoms with E-state index in [-0.39, 0.29) is 5.69 Å². The maximum Gasteiger partial charge on any atom is 0.417 e.